The molecule has 0 aliphatic carbocycles. The van der Waals surface area contributed by atoms with Crippen molar-refractivity contribution in [3.63, 3.8) is 0 Å². The first-order valence-electron chi connectivity index (χ1n) is 6.29. The Bertz CT molecular complexity index is 383. The highest BCUT2D eigenvalue weighted by atomic mass is 32.2. The summed E-state index contributed by atoms with van der Waals surface area (Å²) in [5.41, 5.74) is 1.04. The molecule has 1 saturated heterocycles. The molecule has 0 aromatic heterocycles. The van der Waals surface area contributed by atoms with Crippen molar-refractivity contribution in [2.24, 2.45) is 0 Å². The van der Waals surface area contributed by atoms with Gasteiger partial charge in [-0.25, -0.2) is 0 Å². The van der Waals surface area contributed by atoms with Crippen molar-refractivity contribution in [3.8, 4) is 5.75 Å². The molecule has 1 heterocycles. The first-order chi connectivity index (χ1) is 8.74. The molecule has 2 rings (SSSR count). The van der Waals surface area contributed by atoms with Crippen LogP contribution in [0.4, 0.5) is 0 Å². The summed E-state index contributed by atoms with van der Waals surface area (Å²) in [5.74, 6) is 2.45. The average molecular weight is 266 g/mol. The molecule has 1 aliphatic rings. The van der Waals surface area contributed by atoms with E-state index in [2.05, 4.69) is 0 Å². The summed E-state index contributed by atoms with van der Waals surface area (Å²) in [6.45, 7) is 0. The van der Waals surface area contributed by atoms with Crippen LogP contribution in [0.15, 0.2) is 24.3 Å². The van der Waals surface area contributed by atoms with Gasteiger partial charge in [0, 0.05) is 12.2 Å². The maximum Gasteiger partial charge on any atom is 0.303 e. The summed E-state index contributed by atoms with van der Waals surface area (Å²) in [4.78, 5) is 10.5. The van der Waals surface area contributed by atoms with Crippen molar-refractivity contribution in [2.45, 2.75) is 31.8 Å². The third-order valence-electron chi connectivity index (χ3n) is 2.97. The maximum absolute atomic E-state index is 10.5. The first kappa shape index (κ1) is 13.3. The minimum absolute atomic E-state index is 0.180. The number of thioether (sulfide) groups is 1. The van der Waals surface area contributed by atoms with Crippen LogP contribution in [0.5, 0.6) is 5.75 Å². The van der Waals surface area contributed by atoms with E-state index in [4.69, 9.17) is 9.84 Å². The summed E-state index contributed by atoms with van der Waals surface area (Å²) in [6.07, 6.45) is 3.45. The SMILES string of the molecule is O=C(O)CCc1ccc(OC2CCCSC2)cc1. The van der Waals surface area contributed by atoms with E-state index in [1.165, 1.54) is 12.2 Å². The number of aryl methyl sites for hydroxylation is 1. The zero-order valence-electron chi connectivity index (χ0n) is 10.3. The number of benzene rings is 1. The summed E-state index contributed by atoms with van der Waals surface area (Å²) >= 11 is 1.95. The quantitative estimate of drug-likeness (QED) is 0.890. The van der Waals surface area contributed by atoms with Gasteiger partial charge in [0.05, 0.1) is 0 Å². The largest absolute Gasteiger partial charge is 0.490 e. The van der Waals surface area contributed by atoms with Crippen LogP contribution in [0.1, 0.15) is 24.8 Å². The van der Waals surface area contributed by atoms with Gasteiger partial charge in [-0.2, -0.15) is 11.8 Å². The predicted octanol–water partition coefficient (Wildman–Crippen LogP) is 2.98. The molecule has 1 unspecified atom stereocenters. The molecule has 0 radical (unpaired) electrons. The smallest absolute Gasteiger partial charge is 0.303 e. The van der Waals surface area contributed by atoms with Gasteiger partial charge in [-0.1, -0.05) is 12.1 Å². The molecule has 1 aliphatic heterocycles. The molecule has 4 heteroatoms. The molecule has 0 bridgehead atoms. The van der Waals surface area contributed by atoms with E-state index in [1.807, 2.05) is 36.0 Å². The van der Waals surface area contributed by atoms with E-state index in [9.17, 15) is 4.79 Å². The lowest BCUT2D eigenvalue weighted by atomic mass is 10.1. The summed E-state index contributed by atoms with van der Waals surface area (Å²) in [6, 6.07) is 7.79. The fourth-order valence-electron chi connectivity index (χ4n) is 1.98. The molecular weight excluding hydrogens is 248 g/mol. The first-order valence-corrected chi connectivity index (χ1v) is 7.44. The van der Waals surface area contributed by atoms with Crippen molar-refractivity contribution in [1.82, 2.24) is 0 Å². The van der Waals surface area contributed by atoms with Gasteiger partial charge in [-0.05, 0) is 42.7 Å². The van der Waals surface area contributed by atoms with Crippen LogP contribution in [-0.4, -0.2) is 28.7 Å². The van der Waals surface area contributed by atoms with Gasteiger partial charge in [-0.3, -0.25) is 4.79 Å². The highest BCUT2D eigenvalue weighted by Crippen LogP contribution is 2.23. The lowest BCUT2D eigenvalue weighted by Gasteiger charge is -2.22. The van der Waals surface area contributed by atoms with Crippen LogP contribution in [0.25, 0.3) is 0 Å². The Morgan fingerprint density at radius 3 is 2.78 bits per heavy atom. The molecule has 0 saturated carbocycles. The Morgan fingerprint density at radius 1 is 1.39 bits per heavy atom. The number of carboxylic acids is 1. The Morgan fingerprint density at radius 2 is 2.17 bits per heavy atom. The molecule has 1 aromatic carbocycles. The Labute approximate surface area is 112 Å². The second-order valence-electron chi connectivity index (χ2n) is 4.49. The van der Waals surface area contributed by atoms with E-state index < -0.39 is 5.97 Å². The van der Waals surface area contributed by atoms with Crippen LogP contribution in [-0.2, 0) is 11.2 Å². The highest BCUT2D eigenvalue weighted by Gasteiger charge is 2.14. The lowest BCUT2D eigenvalue weighted by molar-refractivity contribution is -0.136. The molecule has 0 spiro atoms. The minimum Gasteiger partial charge on any atom is -0.490 e. The van der Waals surface area contributed by atoms with Gasteiger partial charge >= 0.3 is 5.97 Å². The van der Waals surface area contributed by atoms with Crippen molar-refractivity contribution < 1.29 is 14.6 Å². The topological polar surface area (TPSA) is 46.5 Å². The molecule has 18 heavy (non-hydrogen) atoms. The molecule has 1 aromatic rings. The standard InChI is InChI=1S/C14H18O3S/c15-14(16)8-5-11-3-6-12(7-4-11)17-13-2-1-9-18-10-13/h3-4,6-7,13H,1-2,5,8-10H2,(H,15,16). The fourth-order valence-corrected chi connectivity index (χ4v) is 3.02. The lowest BCUT2D eigenvalue weighted by Crippen LogP contribution is -2.23. The molecular formula is C14H18O3S. The second kappa shape index (κ2) is 6.69. The Kier molecular flexibility index (Phi) is 4.93. The summed E-state index contributed by atoms with van der Waals surface area (Å²) in [5, 5.41) is 8.62. The second-order valence-corrected chi connectivity index (χ2v) is 5.64. The third-order valence-corrected chi connectivity index (χ3v) is 4.16. The molecule has 0 amide bonds. The molecule has 3 nitrogen and oxygen atoms in total. The number of ether oxygens (including phenoxy) is 1. The molecule has 98 valence electrons. The van der Waals surface area contributed by atoms with Gasteiger partial charge in [0.2, 0.25) is 0 Å². The van der Waals surface area contributed by atoms with Gasteiger partial charge in [0.15, 0.2) is 0 Å². The van der Waals surface area contributed by atoms with Gasteiger partial charge in [-0.15, -0.1) is 0 Å². The number of hydrogen-bond acceptors (Lipinski definition) is 3. The normalized spacial score (nSPS) is 19.4. The number of aliphatic carboxylic acids is 1. The zero-order chi connectivity index (χ0) is 12.8. The van der Waals surface area contributed by atoms with Gasteiger partial charge in [0.1, 0.15) is 11.9 Å². The van der Waals surface area contributed by atoms with Gasteiger partial charge in [0.25, 0.3) is 0 Å². The van der Waals surface area contributed by atoms with Crippen LogP contribution in [0.2, 0.25) is 0 Å². The van der Waals surface area contributed by atoms with E-state index in [0.29, 0.717) is 12.5 Å². The fraction of sp³-hybridized carbons (Fsp3) is 0.500. The van der Waals surface area contributed by atoms with Crippen LogP contribution < -0.4 is 4.74 Å². The Hall–Kier alpha value is -1.16. The Balaban J connectivity index is 1.84. The third kappa shape index (κ3) is 4.26. The highest BCUT2D eigenvalue weighted by molar-refractivity contribution is 7.99. The van der Waals surface area contributed by atoms with Crippen molar-refractivity contribution >= 4 is 17.7 Å². The average Bonchev–Trinajstić information content (AvgIpc) is 2.39. The van der Waals surface area contributed by atoms with E-state index in [0.717, 1.165) is 23.5 Å². The van der Waals surface area contributed by atoms with Crippen molar-refractivity contribution in [2.75, 3.05) is 11.5 Å². The van der Waals surface area contributed by atoms with Crippen molar-refractivity contribution in [3.05, 3.63) is 29.8 Å². The molecule has 1 atom stereocenters. The molecule has 1 fully saturated rings. The van der Waals surface area contributed by atoms with E-state index >= 15 is 0 Å². The minimum atomic E-state index is -0.755. The summed E-state index contributed by atoms with van der Waals surface area (Å²) < 4.78 is 5.90. The van der Waals surface area contributed by atoms with Gasteiger partial charge < -0.3 is 9.84 Å². The number of carboxylic acid groups (broad SMARTS) is 1. The van der Waals surface area contributed by atoms with Crippen molar-refractivity contribution in [1.29, 1.82) is 0 Å². The zero-order valence-corrected chi connectivity index (χ0v) is 11.1. The monoisotopic (exact) mass is 266 g/mol. The van der Waals surface area contributed by atoms with E-state index in [-0.39, 0.29) is 6.42 Å². The van der Waals surface area contributed by atoms with Crippen LogP contribution in [0.3, 0.4) is 0 Å². The number of carbonyl (C=O) groups is 1. The van der Waals surface area contributed by atoms with Crippen LogP contribution >= 0.6 is 11.8 Å². The molecule has 1 N–H and O–H groups in total. The van der Waals surface area contributed by atoms with E-state index in [1.54, 1.807) is 0 Å². The van der Waals surface area contributed by atoms with Crippen LogP contribution in [0, 0.1) is 0 Å². The number of hydrogen-bond donors (Lipinski definition) is 1. The predicted molar refractivity (Wildman–Crippen MR) is 73.4 cm³/mol. The number of rotatable bonds is 5. The summed E-state index contributed by atoms with van der Waals surface area (Å²) in [7, 11) is 0. The maximum atomic E-state index is 10.5.